The zero-order valence-corrected chi connectivity index (χ0v) is 12.1. The normalized spacial score (nSPS) is 0.706. The molecule has 0 aromatic carbocycles. The van der Waals surface area contributed by atoms with Crippen molar-refractivity contribution in [3.05, 3.63) is 39.9 Å². The van der Waals surface area contributed by atoms with Crippen molar-refractivity contribution >= 4 is 0 Å². The van der Waals surface area contributed by atoms with Gasteiger partial charge in [0.05, 0.1) is 0 Å². The van der Waals surface area contributed by atoms with Crippen molar-refractivity contribution in [2.45, 2.75) is 0 Å². The second kappa shape index (κ2) is 75400. The first-order valence-electron chi connectivity index (χ1n) is 1.22. The average molecular weight is 411 g/mol. The number of hydrogen-bond acceptors (Lipinski definition) is 0. The van der Waals surface area contributed by atoms with E-state index in [4.69, 9.17) is 27.9 Å². The molecule has 0 rings (SSSR count). The summed E-state index contributed by atoms with van der Waals surface area (Å²) in [6, 6.07) is 0. The molecule has 0 N–H and O–H groups in total. The number of hydrogen-bond donors (Lipinski definition) is 0. The number of halogens is 4. The van der Waals surface area contributed by atoms with Gasteiger partial charge < -0.3 is 49.6 Å². The van der Waals surface area contributed by atoms with Gasteiger partial charge in [0.25, 0.3) is 0 Å². The molecule has 0 spiro atoms. The van der Waals surface area contributed by atoms with Gasteiger partial charge in [0.2, 0.25) is 0 Å². The standard InChI is InChI=1S/6CO.4ClH.Ru/c6*1-2;;;;;/h;;;;;;4*1H;/q;;;;;;;;;;+3/p-4. The first-order valence-corrected chi connectivity index (χ1v) is 1.22. The molecular formula is C6Cl4O6Ru-. The maximum absolute atomic E-state index is 7.50. The van der Waals surface area contributed by atoms with Crippen LogP contribution in [0.5, 0.6) is 0 Å². The molecular weight excluding hydrogens is 411 g/mol. The maximum atomic E-state index is 7.50. The number of rotatable bonds is 0. The van der Waals surface area contributed by atoms with Gasteiger partial charge in [-0.15, -0.1) is 0 Å². The molecule has 0 aliphatic heterocycles. The molecule has 1 radical (unpaired) electrons. The van der Waals surface area contributed by atoms with Gasteiger partial charge in [-0.1, -0.05) is 0 Å². The molecule has 0 aliphatic rings. The molecule has 97 valence electrons. The summed E-state index contributed by atoms with van der Waals surface area (Å²) in [5.41, 5.74) is 0. The van der Waals surface area contributed by atoms with Gasteiger partial charge in [0.15, 0.2) is 0 Å². The van der Waals surface area contributed by atoms with Gasteiger partial charge in [-0.05, 0) is 0 Å². The summed E-state index contributed by atoms with van der Waals surface area (Å²) in [5, 5.41) is 0. The molecule has 0 saturated heterocycles. The van der Waals surface area contributed by atoms with Gasteiger partial charge in [0, 0.05) is 0 Å². The molecule has 0 bridgehead atoms. The minimum absolute atomic E-state index is 0. The van der Waals surface area contributed by atoms with Crippen LogP contribution in [0.1, 0.15) is 0 Å². The minimum Gasteiger partial charge on any atom is -1.00 e. The van der Waals surface area contributed by atoms with Crippen LogP contribution in [-0.4, -0.2) is 0 Å². The first kappa shape index (κ1) is 117. The topological polar surface area (TPSA) is 119 Å². The van der Waals surface area contributed by atoms with Crippen molar-refractivity contribution in [3.8, 4) is 0 Å². The molecule has 0 fully saturated rings. The molecule has 0 aliphatic carbocycles. The smallest absolute Gasteiger partial charge is 1.00 e. The van der Waals surface area contributed by atoms with E-state index in [1.165, 1.54) is 0 Å². The fraction of sp³-hybridized carbons (Fsp3) is 0. The summed E-state index contributed by atoms with van der Waals surface area (Å²) < 4.78 is 45.0. The summed E-state index contributed by atoms with van der Waals surface area (Å²) in [7, 11) is 0. The Labute approximate surface area is 136 Å². The van der Waals surface area contributed by atoms with Crippen molar-refractivity contribution < 1.29 is 97.0 Å². The Kier molecular flexibility index (Phi) is 519000. The predicted octanol–water partition coefficient (Wildman–Crippen LogP) is -12.2. The van der Waals surface area contributed by atoms with E-state index in [0.717, 1.165) is 0 Å². The summed E-state index contributed by atoms with van der Waals surface area (Å²) >= 11 is 0. The van der Waals surface area contributed by atoms with E-state index in [9.17, 15) is 0 Å². The van der Waals surface area contributed by atoms with Crippen molar-refractivity contribution in [1.29, 1.82) is 0 Å². The molecule has 0 aromatic rings. The van der Waals surface area contributed by atoms with Crippen molar-refractivity contribution in [3.63, 3.8) is 0 Å². The van der Waals surface area contributed by atoms with Crippen LogP contribution >= 0.6 is 0 Å². The average Bonchev–Trinajstić information content (AvgIpc) is 2.33. The van der Waals surface area contributed by atoms with E-state index in [-0.39, 0.29) is 69.1 Å². The second-order valence-corrected chi connectivity index (χ2v) is 0. The van der Waals surface area contributed by atoms with E-state index >= 15 is 0 Å². The van der Waals surface area contributed by atoms with Crippen LogP contribution in [0.25, 0.3) is 0 Å². The SMILES string of the molecule is [C-]#[O+].[C-]#[O+].[C-]#[O+].[C-]#[O+].[C-]#[O+].[C-]#[O+].[Cl-].[Cl-].[Cl-].[Cl-].[Ru+3]. The Morgan fingerprint density at radius 3 is 0.294 bits per heavy atom. The molecule has 0 atom stereocenters. The Bertz CT molecular complexity index is 106. The molecule has 6 nitrogen and oxygen atoms in total. The molecule has 0 aromatic heterocycles. The van der Waals surface area contributed by atoms with Gasteiger partial charge in [-0.2, -0.15) is 0 Å². The quantitative estimate of drug-likeness (QED) is 0.214. The monoisotopic (exact) mass is 410 g/mol. The van der Waals surface area contributed by atoms with Gasteiger partial charge >= 0.3 is 87.3 Å². The zero-order valence-electron chi connectivity index (χ0n) is 7.31. The van der Waals surface area contributed by atoms with Crippen LogP contribution in [0.15, 0.2) is 0 Å². The third-order valence-corrected chi connectivity index (χ3v) is 0. The van der Waals surface area contributed by atoms with Crippen LogP contribution < -0.4 is 49.6 Å². The van der Waals surface area contributed by atoms with Crippen LogP contribution in [0.2, 0.25) is 0 Å². The Morgan fingerprint density at radius 1 is 0.294 bits per heavy atom. The largest absolute Gasteiger partial charge is 3.00 e. The maximum Gasteiger partial charge on any atom is 3.00 e. The van der Waals surface area contributed by atoms with Crippen LogP contribution in [0.3, 0.4) is 0 Å². The molecule has 0 amide bonds. The van der Waals surface area contributed by atoms with E-state index in [2.05, 4.69) is 39.9 Å². The van der Waals surface area contributed by atoms with E-state index in [0.29, 0.717) is 0 Å². The molecule has 17 heavy (non-hydrogen) atoms. The molecule has 0 saturated carbocycles. The third kappa shape index (κ3) is 65800. The predicted molar refractivity (Wildman–Crippen MR) is 23.6 cm³/mol. The van der Waals surface area contributed by atoms with Crippen LogP contribution in [-0.2, 0) is 47.4 Å². The van der Waals surface area contributed by atoms with Crippen LogP contribution in [0, 0.1) is 39.9 Å². The Hall–Kier alpha value is 0.223. The summed E-state index contributed by atoms with van der Waals surface area (Å²) in [6.07, 6.45) is 0. The second-order valence-electron chi connectivity index (χ2n) is 0. The van der Waals surface area contributed by atoms with Gasteiger partial charge in [-0.3, -0.25) is 0 Å². The summed E-state index contributed by atoms with van der Waals surface area (Å²) in [5.74, 6) is 0. The van der Waals surface area contributed by atoms with Crippen molar-refractivity contribution in [1.82, 2.24) is 0 Å². The van der Waals surface area contributed by atoms with Gasteiger partial charge in [-0.25, -0.2) is 0 Å². The van der Waals surface area contributed by atoms with E-state index in [1.807, 2.05) is 0 Å². The summed E-state index contributed by atoms with van der Waals surface area (Å²) in [6.45, 7) is 27.0. The first-order chi connectivity index (χ1) is 6.00. The molecule has 0 unspecified atom stereocenters. The van der Waals surface area contributed by atoms with E-state index in [1.54, 1.807) is 0 Å². The third-order valence-electron chi connectivity index (χ3n) is 0. The van der Waals surface area contributed by atoms with E-state index < -0.39 is 0 Å². The molecule has 0 heterocycles. The fourth-order valence-electron chi connectivity index (χ4n) is 0. The summed E-state index contributed by atoms with van der Waals surface area (Å²) in [4.78, 5) is 0. The fourth-order valence-corrected chi connectivity index (χ4v) is 0. The zero-order chi connectivity index (χ0) is 12.0. The molecule has 11 heteroatoms. The van der Waals surface area contributed by atoms with Crippen molar-refractivity contribution in [2.75, 3.05) is 0 Å². The minimum atomic E-state index is 0. The van der Waals surface area contributed by atoms with Crippen LogP contribution in [0.4, 0.5) is 0 Å². The van der Waals surface area contributed by atoms with Crippen molar-refractivity contribution in [2.24, 2.45) is 0 Å². The Morgan fingerprint density at radius 2 is 0.294 bits per heavy atom. The van der Waals surface area contributed by atoms with Gasteiger partial charge in [0.1, 0.15) is 0 Å². The Balaban J connectivity index is -0.00000000267.